The first-order chi connectivity index (χ1) is 9.49. The number of rotatable bonds is 4. The van der Waals surface area contributed by atoms with Gasteiger partial charge in [0.05, 0.1) is 0 Å². The number of hydrogen-bond acceptors (Lipinski definition) is 4. The molecule has 0 saturated carbocycles. The highest BCUT2D eigenvalue weighted by atomic mass is 16.4. The van der Waals surface area contributed by atoms with Crippen LogP contribution in [-0.2, 0) is 0 Å². The summed E-state index contributed by atoms with van der Waals surface area (Å²) in [6.45, 7) is 4.92. The van der Waals surface area contributed by atoms with Crippen molar-refractivity contribution in [1.82, 2.24) is 9.88 Å². The van der Waals surface area contributed by atoms with Crippen molar-refractivity contribution < 1.29 is 9.90 Å². The highest BCUT2D eigenvalue weighted by Gasteiger charge is 2.22. The molecule has 2 heterocycles. The fourth-order valence-corrected chi connectivity index (χ4v) is 2.82. The highest BCUT2D eigenvalue weighted by molar-refractivity contribution is 5.94. The molecule has 1 aliphatic heterocycles. The number of nitrogens with zero attached hydrogens (tertiary/aromatic N) is 3. The number of carboxylic acids is 1. The summed E-state index contributed by atoms with van der Waals surface area (Å²) in [6.07, 6.45) is 4.01. The lowest BCUT2D eigenvalue weighted by molar-refractivity contribution is 0.0696. The van der Waals surface area contributed by atoms with Gasteiger partial charge in [-0.15, -0.1) is 0 Å². The summed E-state index contributed by atoms with van der Waals surface area (Å²) in [5.41, 5.74) is 1.08. The maximum absolute atomic E-state index is 11.4. The molecule has 5 nitrogen and oxygen atoms in total. The number of hydrogen-bond donors (Lipinski definition) is 1. The number of piperidine rings is 1. The van der Waals surface area contributed by atoms with Crippen LogP contribution in [0.2, 0.25) is 0 Å². The number of pyridine rings is 1. The third-order valence-corrected chi connectivity index (χ3v) is 4.08. The lowest BCUT2D eigenvalue weighted by atomic mass is 9.96. The summed E-state index contributed by atoms with van der Waals surface area (Å²) in [6, 6.07) is 1.75. The van der Waals surface area contributed by atoms with E-state index in [9.17, 15) is 9.90 Å². The van der Waals surface area contributed by atoms with E-state index in [1.54, 1.807) is 12.3 Å². The number of carbonyl (C=O) groups is 1. The van der Waals surface area contributed by atoms with E-state index in [-0.39, 0.29) is 0 Å². The predicted octanol–water partition coefficient (Wildman–Crippen LogP) is 1.87. The SMILES string of the molecule is Cc1ccnc(N(C)CC2CCN(C)CC2)c1C(=O)O. The molecule has 1 aromatic heterocycles. The van der Waals surface area contributed by atoms with Gasteiger partial charge in [0.2, 0.25) is 0 Å². The second-order valence-corrected chi connectivity index (χ2v) is 5.76. The summed E-state index contributed by atoms with van der Waals surface area (Å²) >= 11 is 0. The van der Waals surface area contributed by atoms with Crippen LogP contribution in [0, 0.1) is 12.8 Å². The van der Waals surface area contributed by atoms with E-state index in [0.29, 0.717) is 17.3 Å². The molecule has 0 unspecified atom stereocenters. The molecule has 5 heteroatoms. The molecule has 0 amide bonds. The normalized spacial score (nSPS) is 17.1. The first-order valence-electron chi connectivity index (χ1n) is 7.07. The third kappa shape index (κ3) is 3.28. The van der Waals surface area contributed by atoms with Crippen molar-refractivity contribution in [1.29, 1.82) is 0 Å². The van der Waals surface area contributed by atoms with Crippen LogP contribution in [-0.4, -0.2) is 54.7 Å². The zero-order valence-corrected chi connectivity index (χ0v) is 12.5. The maximum Gasteiger partial charge on any atom is 0.339 e. The molecule has 0 atom stereocenters. The van der Waals surface area contributed by atoms with Gasteiger partial charge in [0.15, 0.2) is 0 Å². The van der Waals surface area contributed by atoms with Crippen LogP contribution >= 0.6 is 0 Å². The van der Waals surface area contributed by atoms with E-state index in [2.05, 4.69) is 16.9 Å². The van der Waals surface area contributed by atoms with Crippen LogP contribution in [0.15, 0.2) is 12.3 Å². The minimum absolute atomic E-state index is 0.322. The van der Waals surface area contributed by atoms with E-state index in [1.165, 1.54) is 0 Å². The summed E-state index contributed by atoms with van der Waals surface area (Å²) in [5.74, 6) is 0.289. The molecule has 20 heavy (non-hydrogen) atoms. The zero-order valence-electron chi connectivity index (χ0n) is 12.5. The standard InChI is InChI=1S/C15H23N3O2/c1-11-4-7-16-14(13(11)15(19)20)18(3)10-12-5-8-17(2)9-6-12/h4,7,12H,5-6,8-10H2,1-3H3,(H,19,20). The Balaban J connectivity index is 2.11. The van der Waals surface area contributed by atoms with Crippen molar-refractivity contribution in [3.8, 4) is 0 Å². The minimum atomic E-state index is -0.902. The minimum Gasteiger partial charge on any atom is -0.478 e. The Bertz CT molecular complexity index is 482. The van der Waals surface area contributed by atoms with Crippen LogP contribution in [0.25, 0.3) is 0 Å². The molecule has 0 aliphatic carbocycles. The van der Waals surface area contributed by atoms with Crippen molar-refractivity contribution in [2.45, 2.75) is 19.8 Å². The van der Waals surface area contributed by atoms with E-state index >= 15 is 0 Å². The van der Waals surface area contributed by atoms with Gasteiger partial charge in [-0.1, -0.05) is 0 Å². The van der Waals surface area contributed by atoms with Gasteiger partial charge >= 0.3 is 5.97 Å². The lowest BCUT2D eigenvalue weighted by Gasteiger charge is -2.32. The number of anilines is 1. The van der Waals surface area contributed by atoms with E-state index < -0.39 is 5.97 Å². The Labute approximate surface area is 120 Å². The number of aryl methyl sites for hydroxylation is 1. The monoisotopic (exact) mass is 277 g/mol. The smallest absolute Gasteiger partial charge is 0.339 e. The lowest BCUT2D eigenvalue weighted by Crippen LogP contribution is -2.36. The topological polar surface area (TPSA) is 56.7 Å². The van der Waals surface area contributed by atoms with Crippen molar-refractivity contribution in [2.75, 3.05) is 38.6 Å². The molecule has 0 bridgehead atoms. The summed E-state index contributed by atoms with van der Waals surface area (Å²) in [4.78, 5) is 20.0. The predicted molar refractivity (Wildman–Crippen MR) is 79.4 cm³/mol. The van der Waals surface area contributed by atoms with Crippen molar-refractivity contribution in [3.05, 3.63) is 23.4 Å². The second-order valence-electron chi connectivity index (χ2n) is 5.76. The number of aromatic carboxylic acids is 1. The highest BCUT2D eigenvalue weighted by Crippen LogP contribution is 2.23. The first-order valence-corrected chi connectivity index (χ1v) is 7.07. The molecule has 0 spiro atoms. The Morgan fingerprint density at radius 2 is 2.15 bits per heavy atom. The van der Waals surface area contributed by atoms with Gasteiger partial charge in [-0.3, -0.25) is 0 Å². The molecule has 1 aliphatic rings. The summed E-state index contributed by atoms with van der Waals surface area (Å²) < 4.78 is 0. The van der Waals surface area contributed by atoms with Gasteiger partial charge in [0.1, 0.15) is 11.4 Å². The van der Waals surface area contributed by atoms with E-state index in [1.807, 2.05) is 18.9 Å². The van der Waals surface area contributed by atoms with Crippen LogP contribution in [0.4, 0.5) is 5.82 Å². The third-order valence-electron chi connectivity index (χ3n) is 4.08. The Morgan fingerprint density at radius 3 is 2.75 bits per heavy atom. The number of aromatic nitrogens is 1. The molecule has 1 fully saturated rings. The fourth-order valence-electron chi connectivity index (χ4n) is 2.82. The van der Waals surface area contributed by atoms with Crippen LogP contribution in [0.3, 0.4) is 0 Å². The van der Waals surface area contributed by atoms with Crippen LogP contribution in [0.1, 0.15) is 28.8 Å². The average molecular weight is 277 g/mol. The van der Waals surface area contributed by atoms with Gasteiger partial charge < -0.3 is 14.9 Å². The maximum atomic E-state index is 11.4. The van der Waals surface area contributed by atoms with Gasteiger partial charge in [0.25, 0.3) is 0 Å². The Hall–Kier alpha value is -1.62. The number of carboxylic acid groups (broad SMARTS) is 1. The molecule has 0 radical (unpaired) electrons. The van der Waals surface area contributed by atoms with Gasteiger partial charge in [-0.05, 0) is 57.5 Å². The van der Waals surface area contributed by atoms with Crippen LogP contribution in [0.5, 0.6) is 0 Å². The molecule has 110 valence electrons. The van der Waals surface area contributed by atoms with Crippen molar-refractivity contribution >= 4 is 11.8 Å². The van der Waals surface area contributed by atoms with Crippen LogP contribution < -0.4 is 4.90 Å². The van der Waals surface area contributed by atoms with E-state index in [4.69, 9.17) is 0 Å². The summed E-state index contributed by atoms with van der Waals surface area (Å²) in [5, 5.41) is 9.36. The quantitative estimate of drug-likeness (QED) is 0.910. The Morgan fingerprint density at radius 1 is 1.50 bits per heavy atom. The van der Waals surface area contributed by atoms with Gasteiger partial charge in [-0.25, -0.2) is 9.78 Å². The molecular weight excluding hydrogens is 254 g/mol. The molecule has 0 aromatic carbocycles. The molecule has 1 N–H and O–H groups in total. The van der Waals surface area contributed by atoms with Crippen molar-refractivity contribution in [3.63, 3.8) is 0 Å². The van der Waals surface area contributed by atoms with Gasteiger partial charge in [-0.2, -0.15) is 0 Å². The molecular formula is C15H23N3O2. The zero-order chi connectivity index (χ0) is 14.7. The molecule has 2 rings (SSSR count). The first kappa shape index (κ1) is 14.8. The number of likely N-dealkylation sites (tertiary alicyclic amines) is 1. The summed E-state index contributed by atoms with van der Waals surface area (Å²) in [7, 11) is 4.08. The fraction of sp³-hybridized carbons (Fsp3) is 0.600. The average Bonchev–Trinajstić information content (AvgIpc) is 2.40. The van der Waals surface area contributed by atoms with Crippen molar-refractivity contribution in [2.24, 2.45) is 5.92 Å². The Kier molecular flexibility index (Phi) is 4.60. The second kappa shape index (κ2) is 6.22. The molecule has 1 saturated heterocycles. The largest absolute Gasteiger partial charge is 0.478 e. The molecule has 1 aromatic rings. The van der Waals surface area contributed by atoms with Gasteiger partial charge in [0, 0.05) is 19.8 Å². The van der Waals surface area contributed by atoms with E-state index in [0.717, 1.165) is 38.0 Å².